The summed E-state index contributed by atoms with van der Waals surface area (Å²) in [5.74, 6) is 0. The van der Waals surface area contributed by atoms with Crippen LogP contribution in [0.2, 0.25) is 0 Å². The molecule has 0 bridgehead atoms. The Kier molecular flexibility index (Phi) is 3.58. The number of sulfonamides is 1. The van der Waals surface area contributed by atoms with E-state index in [0.29, 0.717) is 0 Å². The minimum Gasteiger partial charge on any atom is -0.360 e. The van der Waals surface area contributed by atoms with Crippen LogP contribution in [0.4, 0.5) is 13.2 Å². The second-order valence-electron chi connectivity index (χ2n) is 4.53. The highest BCUT2D eigenvalue weighted by Gasteiger charge is 2.31. The van der Waals surface area contributed by atoms with Crippen molar-refractivity contribution < 1.29 is 21.6 Å². The molecule has 0 amide bonds. The molecule has 0 saturated heterocycles. The van der Waals surface area contributed by atoms with Gasteiger partial charge in [0.15, 0.2) is 0 Å². The number of hydrogen-bond acceptors (Lipinski definition) is 3. The third kappa shape index (κ3) is 2.66. The molecule has 1 aromatic heterocycles. The van der Waals surface area contributed by atoms with Crippen LogP contribution in [0.5, 0.6) is 0 Å². The van der Waals surface area contributed by atoms with E-state index in [9.17, 15) is 26.4 Å². The Morgan fingerprint density at radius 3 is 2.33 bits per heavy atom. The number of alkyl halides is 3. The first-order chi connectivity index (χ1) is 9.55. The average molecular weight is 320 g/mol. The summed E-state index contributed by atoms with van der Waals surface area (Å²) in [5, 5.41) is -0.120. The first-order valence-corrected chi connectivity index (χ1v) is 7.14. The molecule has 0 aliphatic carbocycles. The number of halogens is 3. The van der Waals surface area contributed by atoms with Crippen molar-refractivity contribution in [2.24, 2.45) is 0 Å². The van der Waals surface area contributed by atoms with Crippen LogP contribution in [0.25, 0.3) is 10.9 Å². The SMILES string of the molecule is CN(C)S(=O)(=O)c1c[nH]c2cc(C(F)(F)F)ccc2c1=O. The number of benzene rings is 1. The van der Waals surface area contributed by atoms with E-state index in [0.717, 1.165) is 28.7 Å². The fraction of sp³-hybridized carbons (Fsp3) is 0.250. The van der Waals surface area contributed by atoms with Gasteiger partial charge in [-0.3, -0.25) is 4.79 Å². The van der Waals surface area contributed by atoms with Crippen LogP contribution in [0.15, 0.2) is 34.1 Å². The van der Waals surface area contributed by atoms with Crippen LogP contribution in [-0.2, 0) is 16.2 Å². The molecule has 2 aromatic rings. The van der Waals surface area contributed by atoms with Crippen LogP contribution in [0.1, 0.15) is 5.56 Å². The fourth-order valence-corrected chi connectivity index (χ4v) is 2.71. The van der Waals surface area contributed by atoms with Crippen molar-refractivity contribution >= 4 is 20.9 Å². The number of aromatic nitrogens is 1. The molecule has 21 heavy (non-hydrogen) atoms. The molecule has 0 unspecified atom stereocenters. The Morgan fingerprint density at radius 1 is 1.19 bits per heavy atom. The zero-order chi connectivity index (χ0) is 16.0. The lowest BCUT2D eigenvalue weighted by molar-refractivity contribution is -0.137. The molecular formula is C12H11F3N2O3S. The average Bonchev–Trinajstić information content (AvgIpc) is 2.37. The first-order valence-electron chi connectivity index (χ1n) is 5.70. The normalized spacial score (nSPS) is 13.0. The number of aromatic amines is 1. The maximum atomic E-state index is 12.6. The van der Waals surface area contributed by atoms with Gasteiger partial charge < -0.3 is 4.98 Å². The molecule has 0 atom stereocenters. The monoisotopic (exact) mass is 320 g/mol. The smallest absolute Gasteiger partial charge is 0.360 e. The largest absolute Gasteiger partial charge is 0.416 e. The van der Waals surface area contributed by atoms with Crippen molar-refractivity contribution in [3.05, 3.63) is 40.2 Å². The summed E-state index contributed by atoms with van der Waals surface area (Å²) in [4.78, 5) is 14.0. The van der Waals surface area contributed by atoms with Crippen molar-refractivity contribution in [1.82, 2.24) is 9.29 Å². The highest BCUT2D eigenvalue weighted by Crippen LogP contribution is 2.30. The molecule has 1 N–H and O–H groups in total. The molecule has 2 rings (SSSR count). The summed E-state index contributed by atoms with van der Waals surface area (Å²) in [6.45, 7) is 0. The summed E-state index contributed by atoms with van der Waals surface area (Å²) in [6, 6.07) is 2.47. The van der Waals surface area contributed by atoms with Crippen molar-refractivity contribution in [2.75, 3.05) is 14.1 Å². The van der Waals surface area contributed by atoms with Gasteiger partial charge in [0, 0.05) is 31.2 Å². The molecule has 0 aliphatic rings. The van der Waals surface area contributed by atoms with Gasteiger partial charge in [-0.1, -0.05) is 0 Å². The molecule has 0 aliphatic heterocycles. The Morgan fingerprint density at radius 2 is 1.81 bits per heavy atom. The van der Waals surface area contributed by atoms with E-state index in [-0.39, 0.29) is 10.9 Å². The molecule has 114 valence electrons. The van der Waals surface area contributed by atoms with E-state index in [2.05, 4.69) is 4.98 Å². The summed E-state index contributed by atoms with van der Waals surface area (Å²) >= 11 is 0. The first kappa shape index (κ1) is 15.5. The summed E-state index contributed by atoms with van der Waals surface area (Å²) in [7, 11) is -1.46. The fourth-order valence-electron chi connectivity index (χ4n) is 1.77. The predicted octanol–water partition coefficient (Wildman–Crippen LogP) is 1.80. The number of H-pyrrole nitrogens is 1. The molecule has 1 aromatic carbocycles. The Hall–Kier alpha value is -1.87. The summed E-state index contributed by atoms with van der Waals surface area (Å²) < 4.78 is 62.5. The van der Waals surface area contributed by atoms with Crippen LogP contribution < -0.4 is 5.43 Å². The van der Waals surface area contributed by atoms with E-state index < -0.39 is 32.1 Å². The third-order valence-corrected chi connectivity index (χ3v) is 4.75. The Bertz CT molecular complexity index is 854. The van der Waals surface area contributed by atoms with Gasteiger partial charge in [-0.05, 0) is 18.2 Å². The van der Waals surface area contributed by atoms with Gasteiger partial charge >= 0.3 is 6.18 Å². The topological polar surface area (TPSA) is 70.2 Å². The van der Waals surface area contributed by atoms with E-state index in [1.165, 1.54) is 14.1 Å². The lowest BCUT2D eigenvalue weighted by Gasteiger charge is -2.12. The van der Waals surface area contributed by atoms with Crippen LogP contribution in [-0.4, -0.2) is 31.8 Å². The quantitative estimate of drug-likeness (QED) is 0.917. The lowest BCUT2D eigenvalue weighted by atomic mass is 10.1. The number of fused-ring (bicyclic) bond motifs is 1. The zero-order valence-electron chi connectivity index (χ0n) is 11.0. The van der Waals surface area contributed by atoms with Gasteiger partial charge in [-0.2, -0.15) is 13.2 Å². The number of nitrogens with zero attached hydrogens (tertiary/aromatic N) is 1. The van der Waals surface area contributed by atoms with Crippen LogP contribution in [0.3, 0.4) is 0 Å². The molecular weight excluding hydrogens is 309 g/mol. The van der Waals surface area contributed by atoms with Gasteiger partial charge in [-0.25, -0.2) is 12.7 Å². The van der Waals surface area contributed by atoms with Gasteiger partial charge in [0.1, 0.15) is 4.90 Å². The van der Waals surface area contributed by atoms with Crippen molar-refractivity contribution in [2.45, 2.75) is 11.1 Å². The van der Waals surface area contributed by atoms with Gasteiger partial charge in [0.25, 0.3) is 0 Å². The van der Waals surface area contributed by atoms with Crippen LogP contribution >= 0.6 is 0 Å². The highest BCUT2D eigenvalue weighted by molar-refractivity contribution is 7.89. The molecule has 0 fully saturated rings. The molecule has 5 nitrogen and oxygen atoms in total. The predicted molar refractivity (Wildman–Crippen MR) is 70.4 cm³/mol. The molecule has 0 radical (unpaired) electrons. The molecule has 0 saturated carbocycles. The highest BCUT2D eigenvalue weighted by atomic mass is 32.2. The Labute approximate surface area is 118 Å². The van der Waals surface area contributed by atoms with Gasteiger partial charge in [0.05, 0.1) is 5.56 Å². The summed E-state index contributed by atoms with van der Waals surface area (Å²) in [6.07, 6.45) is -3.64. The standard InChI is InChI=1S/C12H11F3N2O3S/c1-17(2)21(19,20)10-6-16-9-5-7(12(13,14)15)3-4-8(9)11(10)18/h3-6H,1-2H3,(H,16,18). The number of hydrogen-bond donors (Lipinski definition) is 1. The molecule has 9 heteroatoms. The number of rotatable bonds is 2. The van der Waals surface area contributed by atoms with Gasteiger partial charge in [0.2, 0.25) is 15.5 Å². The van der Waals surface area contributed by atoms with Crippen molar-refractivity contribution in [1.29, 1.82) is 0 Å². The van der Waals surface area contributed by atoms with E-state index in [1.807, 2.05) is 0 Å². The minimum atomic E-state index is -4.54. The molecule has 0 spiro atoms. The zero-order valence-corrected chi connectivity index (χ0v) is 11.8. The molecule has 1 heterocycles. The Balaban J connectivity index is 2.74. The minimum absolute atomic E-state index is 0.0764. The second kappa shape index (κ2) is 4.85. The van der Waals surface area contributed by atoms with Gasteiger partial charge in [-0.15, -0.1) is 0 Å². The van der Waals surface area contributed by atoms with Crippen LogP contribution in [0, 0.1) is 0 Å². The number of nitrogens with one attached hydrogen (secondary N) is 1. The van der Waals surface area contributed by atoms with E-state index in [4.69, 9.17) is 0 Å². The maximum absolute atomic E-state index is 12.6. The summed E-state index contributed by atoms with van der Waals surface area (Å²) in [5.41, 5.74) is -1.84. The lowest BCUT2D eigenvalue weighted by Crippen LogP contribution is -2.27. The second-order valence-corrected chi connectivity index (χ2v) is 6.65. The third-order valence-electron chi connectivity index (χ3n) is 2.93. The number of pyridine rings is 1. The maximum Gasteiger partial charge on any atom is 0.416 e. The van der Waals surface area contributed by atoms with E-state index >= 15 is 0 Å². The van der Waals surface area contributed by atoms with Crippen molar-refractivity contribution in [3.63, 3.8) is 0 Å². The van der Waals surface area contributed by atoms with Crippen molar-refractivity contribution in [3.8, 4) is 0 Å². The van der Waals surface area contributed by atoms with E-state index in [1.54, 1.807) is 0 Å².